The quantitative estimate of drug-likeness (QED) is 0.627. The topological polar surface area (TPSA) is 21.8 Å². The monoisotopic (exact) mass is 188 g/mol. The molecule has 2 aliphatic rings. The van der Waals surface area contributed by atoms with Gasteiger partial charge in [0, 0.05) is 18.1 Å². The molecule has 3 heteroatoms. The normalized spacial score (nSPS) is 40.2. The Balaban J connectivity index is 1.56. The summed E-state index contributed by atoms with van der Waals surface area (Å²) in [7, 11) is 0. The molecule has 0 aromatic heterocycles. The molecule has 2 atom stereocenters. The van der Waals surface area contributed by atoms with Crippen molar-refractivity contribution in [2.45, 2.75) is 31.5 Å². The van der Waals surface area contributed by atoms with Gasteiger partial charge < -0.3 is 9.47 Å². The summed E-state index contributed by atoms with van der Waals surface area (Å²) in [5.41, 5.74) is 0.212. The maximum Gasteiger partial charge on any atom is 0.0978 e. The minimum Gasteiger partial charge on any atom is -0.377 e. The number of hydrogen-bond donors (Lipinski definition) is 0. The third-order valence-electron chi connectivity index (χ3n) is 2.37. The van der Waals surface area contributed by atoms with E-state index in [1.165, 1.54) is 12.8 Å². The second-order valence-electron chi connectivity index (χ2n) is 3.89. The van der Waals surface area contributed by atoms with Gasteiger partial charge in [0.15, 0.2) is 0 Å². The molecule has 70 valence electrons. The molecule has 0 amide bonds. The van der Waals surface area contributed by atoms with Crippen molar-refractivity contribution in [2.24, 2.45) is 0 Å². The van der Waals surface area contributed by atoms with Crippen LogP contribution in [-0.4, -0.2) is 36.4 Å². The van der Waals surface area contributed by atoms with E-state index >= 15 is 0 Å². The smallest absolute Gasteiger partial charge is 0.0978 e. The van der Waals surface area contributed by atoms with Gasteiger partial charge in [0.25, 0.3) is 0 Å². The molecular weight excluding hydrogens is 172 g/mol. The summed E-state index contributed by atoms with van der Waals surface area (Å²) in [5.74, 6) is 2.28. The Kier molecular flexibility index (Phi) is 2.63. The van der Waals surface area contributed by atoms with E-state index in [0.717, 1.165) is 24.7 Å². The molecule has 0 aromatic rings. The number of rotatable bonds is 4. The van der Waals surface area contributed by atoms with Crippen LogP contribution in [-0.2, 0) is 9.47 Å². The van der Waals surface area contributed by atoms with Gasteiger partial charge in [-0.3, -0.25) is 0 Å². The van der Waals surface area contributed by atoms with Crippen LogP contribution in [0.2, 0.25) is 0 Å². The summed E-state index contributed by atoms with van der Waals surface area (Å²) in [6.45, 7) is 4.10. The molecule has 0 aliphatic carbocycles. The Bertz CT molecular complexity index is 151. The third-order valence-corrected chi connectivity index (χ3v) is 3.79. The number of thioether (sulfide) groups is 1. The SMILES string of the molecule is CC1(CSCC2CCCO2)CO1. The molecule has 2 rings (SSSR count). The largest absolute Gasteiger partial charge is 0.377 e. The van der Waals surface area contributed by atoms with Gasteiger partial charge in [-0.05, 0) is 19.8 Å². The highest BCUT2D eigenvalue weighted by molar-refractivity contribution is 7.99. The zero-order chi connectivity index (χ0) is 8.44. The van der Waals surface area contributed by atoms with Crippen molar-refractivity contribution in [1.29, 1.82) is 0 Å². The average Bonchev–Trinajstić information content (AvgIpc) is 2.61. The lowest BCUT2D eigenvalue weighted by Gasteiger charge is -2.09. The maximum atomic E-state index is 5.53. The summed E-state index contributed by atoms with van der Waals surface area (Å²) in [6.07, 6.45) is 3.03. The zero-order valence-corrected chi connectivity index (χ0v) is 8.36. The van der Waals surface area contributed by atoms with Crippen molar-refractivity contribution >= 4 is 11.8 Å². The molecule has 0 bridgehead atoms. The minimum absolute atomic E-state index is 0.212. The lowest BCUT2D eigenvalue weighted by molar-refractivity contribution is 0.129. The summed E-state index contributed by atoms with van der Waals surface area (Å²) >= 11 is 1.97. The predicted octanol–water partition coefficient (Wildman–Crippen LogP) is 1.69. The first-order chi connectivity index (χ1) is 5.79. The molecule has 2 aliphatic heterocycles. The fourth-order valence-electron chi connectivity index (χ4n) is 1.39. The molecule has 2 unspecified atom stereocenters. The fraction of sp³-hybridized carbons (Fsp3) is 1.00. The van der Waals surface area contributed by atoms with Crippen LogP contribution in [0.1, 0.15) is 19.8 Å². The summed E-state index contributed by atoms with van der Waals surface area (Å²) < 4.78 is 10.8. The Labute approximate surface area is 78.0 Å². The van der Waals surface area contributed by atoms with E-state index in [1.807, 2.05) is 11.8 Å². The van der Waals surface area contributed by atoms with Crippen LogP contribution in [0.15, 0.2) is 0 Å². The number of hydrogen-bond acceptors (Lipinski definition) is 3. The summed E-state index contributed by atoms with van der Waals surface area (Å²) in [5, 5.41) is 0. The highest BCUT2D eigenvalue weighted by Crippen LogP contribution is 2.31. The summed E-state index contributed by atoms with van der Waals surface area (Å²) in [6, 6.07) is 0. The Morgan fingerprint density at radius 1 is 1.58 bits per heavy atom. The molecule has 0 aromatic carbocycles. The van der Waals surface area contributed by atoms with Gasteiger partial charge >= 0.3 is 0 Å². The van der Waals surface area contributed by atoms with Gasteiger partial charge in [-0.1, -0.05) is 0 Å². The van der Waals surface area contributed by atoms with Gasteiger partial charge in [0.05, 0.1) is 18.3 Å². The van der Waals surface area contributed by atoms with Crippen LogP contribution in [0, 0.1) is 0 Å². The predicted molar refractivity (Wildman–Crippen MR) is 50.7 cm³/mol. The van der Waals surface area contributed by atoms with E-state index in [1.54, 1.807) is 0 Å². The van der Waals surface area contributed by atoms with E-state index in [2.05, 4.69) is 6.92 Å². The molecular formula is C9H16O2S. The lowest BCUT2D eigenvalue weighted by atomic mass is 10.3. The second kappa shape index (κ2) is 3.56. The second-order valence-corrected chi connectivity index (χ2v) is 4.92. The van der Waals surface area contributed by atoms with Gasteiger partial charge in [-0.2, -0.15) is 11.8 Å². The summed E-state index contributed by atoms with van der Waals surface area (Å²) in [4.78, 5) is 0. The van der Waals surface area contributed by atoms with Crippen molar-refractivity contribution in [3.8, 4) is 0 Å². The molecule has 2 fully saturated rings. The van der Waals surface area contributed by atoms with Crippen LogP contribution in [0.3, 0.4) is 0 Å². The lowest BCUT2D eigenvalue weighted by Crippen LogP contribution is -2.13. The molecule has 12 heavy (non-hydrogen) atoms. The standard InChI is InChI=1S/C9H16O2S/c1-9(6-11-9)7-12-5-8-3-2-4-10-8/h8H,2-7H2,1H3. The Hall–Kier alpha value is 0.270. The minimum atomic E-state index is 0.212. The van der Waals surface area contributed by atoms with Gasteiger partial charge in [-0.25, -0.2) is 0 Å². The molecule has 0 saturated carbocycles. The van der Waals surface area contributed by atoms with Crippen LogP contribution >= 0.6 is 11.8 Å². The van der Waals surface area contributed by atoms with Crippen molar-refractivity contribution in [3.05, 3.63) is 0 Å². The van der Waals surface area contributed by atoms with Crippen LogP contribution < -0.4 is 0 Å². The van der Waals surface area contributed by atoms with Crippen molar-refractivity contribution in [1.82, 2.24) is 0 Å². The molecule has 2 saturated heterocycles. The number of epoxide rings is 1. The van der Waals surface area contributed by atoms with Gasteiger partial charge in [0.1, 0.15) is 0 Å². The molecule has 2 nitrogen and oxygen atoms in total. The molecule has 0 spiro atoms. The highest BCUT2D eigenvalue weighted by Gasteiger charge is 2.38. The zero-order valence-electron chi connectivity index (χ0n) is 7.54. The Morgan fingerprint density at radius 3 is 3.00 bits per heavy atom. The highest BCUT2D eigenvalue weighted by atomic mass is 32.2. The van der Waals surface area contributed by atoms with E-state index in [-0.39, 0.29) is 5.60 Å². The van der Waals surface area contributed by atoms with Gasteiger partial charge in [-0.15, -0.1) is 0 Å². The first-order valence-electron chi connectivity index (χ1n) is 4.62. The van der Waals surface area contributed by atoms with E-state index in [0.29, 0.717) is 6.10 Å². The average molecular weight is 188 g/mol. The fourth-order valence-corrected chi connectivity index (χ4v) is 2.63. The molecule has 2 heterocycles. The van der Waals surface area contributed by atoms with E-state index in [9.17, 15) is 0 Å². The number of ether oxygens (including phenoxy) is 2. The first-order valence-corrected chi connectivity index (χ1v) is 5.77. The van der Waals surface area contributed by atoms with E-state index in [4.69, 9.17) is 9.47 Å². The molecule has 0 N–H and O–H groups in total. The van der Waals surface area contributed by atoms with Crippen LogP contribution in [0.25, 0.3) is 0 Å². The first kappa shape index (κ1) is 8.85. The van der Waals surface area contributed by atoms with Crippen molar-refractivity contribution in [3.63, 3.8) is 0 Å². The maximum absolute atomic E-state index is 5.53. The van der Waals surface area contributed by atoms with E-state index < -0.39 is 0 Å². The van der Waals surface area contributed by atoms with Crippen LogP contribution in [0.4, 0.5) is 0 Å². The third kappa shape index (κ3) is 2.38. The van der Waals surface area contributed by atoms with Gasteiger partial charge in [0.2, 0.25) is 0 Å². The van der Waals surface area contributed by atoms with Crippen molar-refractivity contribution in [2.75, 3.05) is 24.7 Å². The Morgan fingerprint density at radius 2 is 2.42 bits per heavy atom. The molecule has 0 radical (unpaired) electrons. The van der Waals surface area contributed by atoms with Crippen molar-refractivity contribution < 1.29 is 9.47 Å². The van der Waals surface area contributed by atoms with Crippen LogP contribution in [0.5, 0.6) is 0 Å².